The lowest BCUT2D eigenvalue weighted by Crippen LogP contribution is -2.49. The lowest BCUT2D eigenvalue weighted by atomic mass is 9.98. The average molecular weight is 496 g/mol. The number of rotatable bonds is 6. The lowest BCUT2D eigenvalue weighted by Gasteiger charge is -2.45. The van der Waals surface area contributed by atoms with Crippen LogP contribution in [-0.2, 0) is 6.54 Å². The number of benzene rings is 3. The number of aliphatic hydroxyl groups excluding tert-OH is 1. The van der Waals surface area contributed by atoms with Crippen LogP contribution in [0.25, 0.3) is 0 Å². The van der Waals surface area contributed by atoms with Crippen LogP contribution < -0.4 is 14.5 Å². The molecule has 35 heavy (non-hydrogen) atoms. The summed E-state index contributed by atoms with van der Waals surface area (Å²) < 4.78 is 81.8. The molecule has 1 unspecified atom stereocenters. The number of hydrogen-bond acceptors (Lipinski definition) is 4. The fourth-order valence-corrected chi connectivity index (χ4v) is 4.24. The predicted octanol–water partition coefficient (Wildman–Crippen LogP) is 6.08. The second-order valence-corrected chi connectivity index (χ2v) is 8.20. The highest BCUT2D eigenvalue weighted by Gasteiger charge is 2.42. The van der Waals surface area contributed by atoms with Gasteiger partial charge in [0.25, 0.3) is 0 Å². The lowest BCUT2D eigenvalue weighted by molar-refractivity contribution is -0.274. The number of β-amino-alcohol motifs (C(OH)–C–C–N with tert-alkyl or cyclic N) is 1. The van der Waals surface area contributed by atoms with Crippen molar-refractivity contribution in [2.24, 2.45) is 0 Å². The Morgan fingerprint density at radius 1 is 0.857 bits per heavy atom. The van der Waals surface area contributed by atoms with Crippen LogP contribution in [0.15, 0.2) is 78.9 Å². The normalized spacial score (nSPS) is 17.2. The summed E-state index contributed by atoms with van der Waals surface area (Å²) in [5.74, 6) is -0.352. The van der Waals surface area contributed by atoms with E-state index in [0.717, 1.165) is 5.56 Å². The molecule has 0 aromatic heterocycles. The van der Waals surface area contributed by atoms with E-state index in [1.807, 2.05) is 4.90 Å². The van der Waals surface area contributed by atoms with Crippen molar-refractivity contribution >= 4 is 11.4 Å². The molecule has 0 bridgehead atoms. The summed E-state index contributed by atoms with van der Waals surface area (Å²) in [5.41, 5.74) is 2.38. The van der Waals surface area contributed by atoms with Gasteiger partial charge in [0.15, 0.2) is 6.10 Å². The van der Waals surface area contributed by atoms with Crippen molar-refractivity contribution in [3.8, 4) is 5.75 Å². The molecule has 0 fully saturated rings. The third-order valence-corrected chi connectivity index (χ3v) is 5.74. The molecule has 0 saturated carbocycles. The van der Waals surface area contributed by atoms with Crippen LogP contribution in [0.4, 0.5) is 37.7 Å². The molecule has 1 aliphatic rings. The van der Waals surface area contributed by atoms with Crippen molar-refractivity contribution in [2.45, 2.75) is 31.2 Å². The second-order valence-electron chi connectivity index (χ2n) is 8.20. The molecule has 4 nitrogen and oxygen atoms in total. The summed E-state index contributed by atoms with van der Waals surface area (Å²) in [4.78, 5) is 3.43. The molecule has 1 heterocycles. The van der Waals surface area contributed by atoms with Crippen molar-refractivity contribution in [1.29, 1.82) is 0 Å². The Morgan fingerprint density at radius 3 is 2.17 bits per heavy atom. The van der Waals surface area contributed by atoms with Crippen LogP contribution in [0.1, 0.15) is 17.2 Å². The molecule has 0 spiro atoms. The number of nitrogens with zero attached hydrogens (tertiary/aromatic N) is 2. The summed E-state index contributed by atoms with van der Waals surface area (Å²) in [6, 6.07) is 20.8. The van der Waals surface area contributed by atoms with Crippen molar-refractivity contribution in [1.82, 2.24) is 0 Å². The van der Waals surface area contributed by atoms with Crippen LogP contribution in [0.3, 0.4) is 0 Å². The zero-order valence-corrected chi connectivity index (χ0v) is 18.3. The predicted molar refractivity (Wildman–Crippen MR) is 119 cm³/mol. The number of fused-ring (bicyclic) bond motifs is 1. The number of aliphatic hydroxyl groups is 1. The molecule has 1 N–H and O–H groups in total. The van der Waals surface area contributed by atoms with Crippen molar-refractivity contribution in [3.63, 3.8) is 0 Å². The van der Waals surface area contributed by atoms with Gasteiger partial charge in [-0.15, -0.1) is 13.2 Å². The summed E-state index contributed by atoms with van der Waals surface area (Å²) in [6.45, 7) is -0.218. The maximum Gasteiger partial charge on any atom is 0.573 e. The standard InChI is InChI=1S/C25H22F6N2O2/c26-24(27,28)23(34)16-33-21-12-5-4-11-20(21)32(15-22(33)18-8-2-1-3-9-18)14-17-7-6-10-19(13-17)35-25(29,30)31/h1-13,22-23,34H,14-16H2/t22-,23?/m1/s1. The first-order valence-corrected chi connectivity index (χ1v) is 10.8. The first-order valence-electron chi connectivity index (χ1n) is 10.8. The molecule has 3 aromatic carbocycles. The van der Waals surface area contributed by atoms with Gasteiger partial charge in [-0.1, -0.05) is 54.6 Å². The quantitative estimate of drug-likeness (QED) is 0.420. The van der Waals surface area contributed by atoms with Gasteiger partial charge in [-0.3, -0.25) is 0 Å². The van der Waals surface area contributed by atoms with E-state index in [2.05, 4.69) is 4.74 Å². The topological polar surface area (TPSA) is 35.9 Å². The Morgan fingerprint density at radius 2 is 1.51 bits per heavy atom. The number of alkyl halides is 6. The number of anilines is 2. The number of halogens is 6. The van der Waals surface area contributed by atoms with E-state index in [1.165, 1.54) is 23.1 Å². The first kappa shape index (κ1) is 24.7. The van der Waals surface area contributed by atoms with Crippen molar-refractivity contribution in [3.05, 3.63) is 90.0 Å². The fraction of sp³-hybridized carbons (Fsp3) is 0.280. The van der Waals surface area contributed by atoms with E-state index < -0.39 is 31.2 Å². The average Bonchev–Trinajstić information content (AvgIpc) is 2.79. The van der Waals surface area contributed by atoms with Gasteiger partial charge in [0.1, 0.15) is 5.75 Å². The summed E-state index contributed by atoms with van der Waals surface area (Å²) in [7, 11) is 0. The molecule has 10 heteroatoms. The number of ether oxygens (including phenoxy) is 1. The van der Waals surface area contributed by atoms with Gasteiger partial charge < -0.3 is 19.6 Å². The zero-order chi connectivity index (χ0) is 25.2. The van der Waals surface area contributed by atoms with Crippen molar-refractivity contribution < 1.29 is 36.2 Å². The van der Waals surface area contributed by atoms with E-state index in [0.29, 0.717) is 16.9 Å². The van der Waals surface area contributed by atoms with E-state index in [9.17, 15) is 31.4 Å². The van der Waals surface area contributed by atoms with Crippen molar-refractivity contribution in [2.75, 3.05) is 22.9 Å². The molecule has 0 saturated heterocycles. The molecule has 4 rings (SSSR count). The number of hydrogen-bond donors (Lipinski definition) is 1. The van der Waals surface area contributed by atoms with Crippen LogP contribution in [-0.4, -0.2) is 36.8 Å². The van der Waals surface area contributed by atoms with Gasteiger partial charge in [-0.2, -0.15) is 13.2 Å². The van der Waals surface area contributed by atoms with Gasteiger partial charge in [-0.25, -0.2) is 0 Å². The molecule has 1 aliphatic heterocycles. The highest BCUT2D eigenvalue weighted by Crippen LogP contribution is 2.42. The summed E-state index contributed by atoms with van der Waals surface area (Å²) in [5, 5.41) is 9.87. The van der Waals surface area contributed by atoms with E-state index in [-0.39, 0.29) is 18.8 Å². The van der Waals surface area contributed by atoms with Gasteiger partial charge in [0.2, 0.25) is 0 Å². The maximum absolute atomic E-state index is 13.3. The minimum Gasteiger partial charge on any atom is -0.406 e. The molecule has 186 valence electrons. The van der Waals surface area contributed by atoms with Crippen LogP contribution in [0, 0.1) is 0 Å². The molecule has 0 amide bonds. The third-order valence-electron chi connectivity index (χ3n) is 5.74. The molecular weight excluding hydrogens is 474 g/mol. The summed E-state index contributed by atoms with van der Waals surface area (Å²) in [6.07, 6.45) is -12.2. The largest absolute Gasteiger partial charge is 0.573 e. The van der Waals surface area contributed by atoms with E-state index in [4.69, 9.17) is 0 Å². The molecular formula is C25H22F6N2O2. The Kier molecular flexibility index (Phi) is 6.84. The minimum absolute atomic E-state index is 0.199. The highest BCUT2D eigenvalue weighted by atomic mass is 19.4. The highest BCUT2D eigenvalue weighted by molar-refractivity contribution is 5.74. The van der Waals surface area contributed by atoms with Crippen LogP contribution >= 0.6 is 0 Å². The summed E-state index contributed by atoms with van der Waals surface area (Å²) >= 11 is 0. The Balaban J connectivity index is 1.70. The maximum atomic E-state index is 13.3. The Hall–Kier alpha value is -3.40. The van der Waals surface area contributed by atoms with Gasteiger partial charge >= 0.3 is 12.5 Å². The molecule has 0 aliphatic carbocycles. The van der Waals surface area contributed by atoms with E-state index in [1.54, 1.807) is 60.7 Å². The molecule has 2 atom stereocenters. The minimum atomic E-state index is -4.82. The first-order chi connectivity index (χ1) is 16.5. The van der Waals surface area contributed by atoms with Crippen LogP contribution in [0.5, 0.6) is 5.75 Å². The monoisotopic (exact) mass is 496 g/mol. The van der Waals surface area contributed by atoms with Crippen LogP contribution in [0.2, 0.25) is 0 Å². The fourth-order valence-electron chi connectivity index (χ4n) is 4.24. The van der Waals surface area contributed by atoms with E-state index >= 15 is 0 Å². The molecule has 0 radical (unpaired) electrons. The van der Waals surface area contributed by atoms with Gasteiger partial charge in [0, 0.05) is 13.1 Å². The van der Waals surface area contributed by atoms with Gasteiger partial charge in [-0.05, 0) is 35.4 Å². The van der Waals surface area contributed by atoms with Gasteiger partial charge in [0.05, 0.1) is 24.0 Å². The third kappa shape index (κ3) is 6.00. The molecule has 3 aromatic rings. The number of para-hydroxylation sites is 2. The Labute approximate surface area is 198 Å². The SMILES string of the molecule is OC(CN1c2ccccc2N(Cc2cccc(OC(F)(F)F)c2)C[C@@H]1c1ccccc1)C(F)(F)F. The Bertz CT molecular complexity index is 1140. The smallest absolute Gasteiger partial charge is 0.406 e. The second kappa shape index (κ2) is 9.69. The zero-order valence-electron chi connectivity index (χ0n) is 18.3.